The van der Waals surface area contributed by atoms with Crippen LogP contribution in [0.15, 0.2) is 24.4 Å². The fourth-order valence-corrected chi connectivity index (χ4v) is 2.25. The van der Waals surface area contributed by atoms with E-state index in [-0.39, 0.29) is 11.9 Å². The lowest BCUT2D eigenvalue weighted by Gasteiger charge is -2.08. The van der Waals surface area contributed by atoms with Crippen LogP contribution in [-0.2, 0) is 6.42 Å². The van der Waals surface area contributed by atoms with Crippen molar-refractivity contribution in [2.75, 3.05) is 0 Å². The minimum Gasteiger partial charge on any atom is -0.393 e. The van der Waals surface area contributed by atoms with Crippen LogP contribution in [0.2, 0.25) is 0 Å². The molecule has 1 aromatic heterocycles. The second-order valence-corrected chi connectivity index (χ2v) is 4.84. The first-order valence-electron chi connectivity index (χ1n) is 5.96. The average molecular weight is 235 g/mol. The van der Waals surface area contributed by atoms with Gasteiger partial charge in [0.1, 0.15) is 5.82 Å². The number of halogens is 1. The van der Waals surface area contributed by atoms with Gasteiger partial charge in [-0.15, -0.1) is 0 Å². The molecule has 0 saturated heterocycles. The van der Waals surface area contributed by atoms with E-state index in [1.807, 2.05) is 12.3 Å². The van der Waals surface area contributed by atoms with Crippen molar-refractivity contribution in [1.29, 1.82) is 0 Å². The van der Waals surface area contributed by atoms with Gasteiger partial charge >= 0.3 is 0 Å². The van der Waals surface area contributed by atoms with E-state index in [1.165, 1.54) is 6.07 Å². The van der Waals surface area contributed by atoms with E-state index in [2.05, 4.69) is 18.4 Å². The second-order valence-electron chi connectivity index (χ2n) is 4.84. The Bertz CT molecular complexity index is 528. The summed E-state index contributed by atoms with van der Waals surface area (Å²) in [5.74, 6) is -0.211. The Hall–Kier alpha value is -1.35. The first kappa shape index (κ1) is 12.1. The van der Waals surface area contributed by atoms with Gasteiger partial charge in [-0.25, -0.2) is 4.39 Å². The van der Waals surface area contributed by atoms with Gasteiger partial charge < -0.3 is 9.67 Å². The van der Waals surface area contributed by atoms with Crippen LogP contribution < -0.4 is 0 Å². The largest absolute Gasteiger partial charge is 0.393 e. The molecule has 0 fully saturated rings. The third kappa shape index (κ3) is 2.20. The summed E-state index contributed by atoms with van der Waals surface area (Å²) in [5.41, 5.74) is 1.78. The average Bonchev–Trinajstić information content (AvgIpc) is 2.57. The van der Waals surface area contributed by atoms with Gasteiger partial charge in [0, 0.05) is 24.0 Å². The maximum Gasteiger partial charge on any atom is 0.132 e. The summed E-state index contributed by atoms with van der Waals surface area (Å²) in [5, 5.41) is 10.1. The minimum atomic E-state index is -0.458. The third-order valence-corrected chi connectivity index (χ3v) is 2.96. The zero-order valence-corrected chi connectivity index (χ0v) is 10.4. The zero-order valence-electron chi connectivity index (χ0n) is 10.4. The van der Waals surface area contributed by atoms with Crippen LogP contribution in [0.3, 0.4) is 0 Å². The lowest BCUT2D eigenvalue weighted by atomic mass is 10.1. The molecule has 0 amide bonds. The summed E-state index contributed by atoms with van der Waals surface area (Å²) >= 11 is 0. The number of aliphatic hydroxyl groups excluding tert-OH is 1. The summed E-state index contributed by atoms with van der Waals surface area (Å²) in [4.78, 5) is 0. The molecule has 92 valence electrons. The molecule has 0 aliphatic rings. The molecule has 0 saturated carbocycles. The molecule has 1 heterocycles. The summed E-state index contributed by atoms with van der Waals surface area (Å²) in [6.45, 7) is 5.85. The van der Waals surface area contributed by atoms with Crippen molar-refractivity contribution < 1.29 is 9.50 Å². The number of rotatable bonds is 3. The number of hydrogen-bond donors (Lipinski definition) is 1. The molecule has 1 unspecified atom stereocenters. The second kappa shape index (κ2) is 4.49. The molecular weight excluding hydrogens is 217 g/mol. The maximum absolute atomic E-state index is 13.9. The van der Waals surface area contributed by atoms with Crippen LogP contribution in [0, 0.1) is 5.82 Å². The smallest absolute Gasteiger partial charge is 0.132 e. The molecule has 0 aliphatic carbocycles. The molecule has 2 nitrogen and oxygen atoms in total. The Balaban J connectivity index is 2.67. The van der Waals surface area contributed by atoms with Gasteiger partial charge in [0.15, 0.2) is 0 Å². The molecular formula is C14H18FNO. The monoisotopic (exact) mass is 235 g/mol. The normalized spacial score (nSPS) is 13.5. The van der Waals surface area contributed by atoms with Gasteiger partial charge in [0.05, 0.1) is 11.6 Å². The van der Waals surface area contributed by atoms with Crippen LogP contribution >= 0.6 is 0 Å². The lowest BCUT2D eigenvalue weighted by Crippen LogP contribution is -2.04. The summed E-state index contributed by atoms with van der Waals surface area (Å²) < 4.78 is 15.9. The minimum absolute atomic E-state index is 0.211. The van der Waals surface area contributed by atoms with Crippen molar-refractivity contribution in [1.82, 2.24) is 4.57 Å². The van der Waals surface area contributed by atoms with Crippen LogP contribution in [0.1, 0.15) is 32.4 Å². The Morgan fingerprint density at radius 2 is 2.00 bits per heavy atom. The molecule has 3 heteroatoms. The van der Waals surface area contributed by atoms with Crippen LogP contribution in [0.4, 0.5) is 4.39 Å². The number of fused-ring (bicyclic) bond motifs is 1. The Labute approximate surface area is 101 Å². The maximum atomic E-state index is 13.9. The number of nitrogens with zero attached hydrogens (tertiary/aromatic N) is 1. The number of aromatic nitrogens is 1. The predicted octanol–water partition coefficient (Wildman–Crippen LogP) is 3.28. The molecule has 1 atom stereocenters. The van der Waals surface area contributed by atoms with Gasteiger partial charge in [-0.3, -0.25) is 0 Å². The molecule has 0 spiro atoms. The first-order chi connectivity index (χ1) is 8.00. The van der Waals surface area contributed by atoms with E-state index in [1.54, 1.807) is 13.0 Å². The third-order valence-electron chi connectivity index (χ3n) is 2.96. The molecule has 2 aromatic rings. The van der Waals surface area contributed by atoms with E-state index in [0.717, 1.165) is 11.1 Å². The van der Waals surface area contributed by atoms with Crippen LogP contribution in [0.5, 0.6) is 0 Å². The van der Waals surface area contributed by atoms with Gasteiger partial charge in [-0.2, -0.15) is 0 Å². The van der Waals surface area contributed by atoms with Crippen molar-refractivity contribution >= 4 is 10.9 Å². The van der Waals surface area contributed by atoms with Gasteiger partial charge in [0.2, 0.25) is 0 Å². The fraction of sp³-hybridized carbons (Fsp3) is 0.429. The molecule has 2 rings (SSSR count). The highest BCUT2D eigenvalue weighted by Crippen LogP contribution is 2.27. The number of benzene rings is 1. The highest BCUT2D eigenvalue weighted by molar-refractivity contribution is 5.84. The Kier molecular flexibility index (Phi) is 3.20. The summed E-state index contributed by atoms with van der Waals surface area (Å²) in [6.07, 6.45) is 1.98. The summed E-state index contributed by atoms with van der Waals surface area (Å²) in [6, 6.07) is 5.40. The van der Waals surface area contributed by atoms with E-state index in [4.69, 9.17) is 0 Å². The number of aliphatic hydroxyl groups is 1. The Morgan fingerprint density at radius 1 is 1.29 bits per heavy atom. The highest BCUT2D eigenvalue weighted by atomic mass is 19.1. The highest BCUT2D eigenvalue weighted by Gasteiger charge is 2.14. The Morgan fingerprint density at radius 3 is 2.59 bits per heavy atom. The van der Waals surface area contributed by atoms with Crippen molar-refractivity contribution in [3.8, 4) is 0 Å². The predicted molar refractivity (Wildman–Crippen MR) is 67.7 cm³/mol. The molecule has 1 N–H and O–H groups in total. The SMILES string of the molecule is CC(O)Cc1cn(C(C)C)c2cccc(F)c12. The van der Waals surface area contributed by atoms with Crippen molar-refractivity contribution in [3.05, 3.63) is 35.8 Å². The van der Waals surface area contributed by atoms with Crippen LogP contribution in [-0.4, -0.2) is 15.8 Å². The van der Waals surface area contributed by atoms with E-state index in [9.17, 15) is 9.50 Å². The molecule has 1 aromatic carbocycles. The van der Waals surface area contributed by atoms with Gasteiger partial charge in [-0.05, 0) is 38.5 Å². The van der Waals surface area contributed by atoms with Crippen molar-refractivity contribution in [3.63, 3.8) is 0 Å². The van der Waals surface area contributed by atoms with E-state index >= 15 is 0 Å². The topological polar surface area (TPSA) is 25.2 Å². The van der Waals surface area contributed by atoms with Crippen molar-refractivity contribution in [2.45, 2.75) is 39.3 Å². The molecule has 17 heavy (non-hydrogen) atoms. The van der Waals surface area contributed by atoms with Gasteiger partial charge in [-0.1, -0.05) is 6.07 Å². The van der Waals surface area contributed by atoms with Crippen LogP contribution in [0.25, 0.3) is 10.9 Å². The lowest BCUT2D eigenvalue weighted by molar-refractivity contribution is 0.195. The fourth-order valence-electron chi connectivity index (χ4n) is 2.25. The first-order valence-corrected chi connectivity index (χ1v) is 5.96. The molecule has 0 bridgehead atoms. The van der Waals surface area contributed by atoms with Crippen molar-refractivity contribution in [2.24, 2.45) is 0 Å². The van der Waals surface area contributed by atoms with E-state index < -0.39 is 6.10 Å². The molecule has 0 radical (unpaired) electrons. The summed E-state index contributed by atoms with van der Waals surface area (Å²) in [7, 11) is 0. The van der Waals surface area contributed by atoms with Gasteiger partial charge in [0.25, 0.3) is 0 Å². The standard InChI is InChI=1S/C14H18FNO/c1-9(2)16-8-11(7-10(3)17)14-12(15)5-4-6-13(14)16/h4-6,8-10,17H,7H2,1-3H3. The molecule has 0 aliphatic heterocycles. The zero-order chi connectivity index (χ0) is 12.6. The van der Waals surface area contributed by atoms with E-state index in [0.29, 0.717) is 11.8 Å². The number of hydrogen-bond acceptors (Lipinski definition) is 1. The quantitative estimate of drug-likeness (QED) is 0.867.